The summed E-state index contributed by atoms with van der Waals surface area (Å²) in [6.45, 7) is 4.72. The van der Waals surface area contributed by atoms with E-state index in [-0.39, 0.29) is 5.02 Å². The smallest absolute Gasteiger partial charge is 0.142 e. The summed E-state index contributed by atoms with van der Waals surface area (Å²) in [7, 11) is 0. The second kappa shape index (κ2) is 6.90. The van der Waals surface area contributed by atoms with Crippen molar-refractivity contribution in [2.24, 2.45) is 0 Å². The van der Waals surface area contributed by atoms with Gasteiger partial charge in [0, 0.05) is 18.5 Å². The first-order chi connectivity index (χ1) is 9.99. The predicted octanol–water partition coefficient (Wildman–Crippen LogP) is 4.30. The minimum Gasteiger partial charge on any atom is -0.388 e. The van der Waals surface area contributed by atoms with Crippen molar-refractivity contribution < 1.29 is 9.50 Å². The van der Waals surface area contributed by atoms with Gasteiger partial charge in [-0.15, -0.1) is 0 Å². The molecule has 1 aromatic carbocycles. The van der Waals surface area contributed by atoms with Gasteiger partial charge in [0.2, 0.25) is 0 Å². The van der Waals surface area contributed by atoms with E-state index in [1.54, 1.807) is 12.1 Å². The molecule has 0 aliphatic carbocycles. The van der Waals surface area contributed by atoms with E-state index in [0.717, 1.165) is 22.3 Å². The molecule has 0 aliphatic rings. The fraction of sp³-hybridized carbons (Fsp3) is 0.400. The third kappa shape index (κ3) is 3.30. The fourth-order valence-electron chi connectivity index (χ4n) is 2.28. The molecule has 0 saturated carbocycles. The number of aromatic nitrogens is 2. The topological polar surface area (TPSA) is 38.0 Å². The number of hydrogen-bond acceptors (Lipinski definition) is 2. The molecule has 0 radical (unpaired) electrons. The first-order valence-corrected chi connectivity index (χ1v) is 8.02. The number of benzene rings is 1. The van der Waals surface area contributed by atoms with Crippen molar-refractivity contribution >= 4 is 27.5 Å². The number of aliphatic hydroxyl groups excluding tert-OH is 1. The molecule has 114 valence electrons. The molecule has 1 heterocycles. The van der Waals surface area contributed by atoms with Gasteiger partial charge in [0.15, 0.2) is 0 Å². The van der Waals surface area contributed by atoms with Crippen LogP contribution >= 0.6 is 27.5 Å². The summed E-state index contributed by atoms with van der Waals surface area (Å²) >= 11 is 9.47. The normalized spacial score (nSPS) is 12.7. The van der Waals surface area contributed by atoms with E-state index < -0.39 is 11.9 Å². The molecule has 0 amide bonds. The van der Waals surface area contributed by atoms with E-state index in [0.29, 0.717) is 18.5 Å². The zero-order chi connectivity index (χ0) is 15.6. The van der Waals surface area contributed by atoms with Crippen LogP contribution in [0.2, 0.25) is 5.02 Å². The van der Waals surface area contributed by atoms with E-state index in [2.05, 4.69) is 21.0 Å². The summed E-state index contributed by atoms with van der Waals surface area (Å²) in [6.07, 6.45) is 0.248. The standard InChI is InChI=1S/C15H17BrClFN2O/c1-3-11-14(16)12(20(4-2)19-11)8-13(21)9-6-5-7-10(18)15(9)17/h5-7,13,21H,3-4,8H2,1-2H3. The summed E-state index contributed by atoms with van der Waals surface area (Å²) in [4.78, 5) is 0. The fourth-order valence-corrected chi connectivity index (χ4v) is 3.26. The lowest BCUT2D eigenvalue weighted by Crippen LogP contribution is -2.09. The van der Waals surface area contributed by atoms with Crippen LogP contribution in [0.15, 0.2) is 22.7 Å². The molecule has 2 aromatic rings. The molecule has 1 unspecified atom stereocenters. The highest BCUT2D eigenvalue weighted by atomic mass is 79.9. The Morgan fingerprint density at radius 1 is 1.43 bits per heavy atom. The minimum atomic E-state index is -0.879. The van der Waals surface area contributed by atoms with Crippen molar-refractivity contribution in [3.8, 4) is 0 Å². The Hall–Kier alpha value is -0.910. The summed E-state index contributed by atoms with van der Waals surface area (Å²) < 4.78 is 16.2. The molecule has 1 N–H and O–H groups in total. The van der Waals surface area contributed by atoms with Gasteiger partial charge in [-0.3, -0.25) is 4.68 Å². The molecule has 0 spiro atoms. The van der Waals surface area contributed by atoms with Gasteiger partial charge >= 0.3 is 0 Å². The van der Waals surface area contributed by atoms with Gasteiger partial charge < -0.3 is 5.11 Å². The van der Waals surface area contributed by atoms with Crippen LogP contribution in [0.4, 0.5) is 4.39 Å². The third-order valence-corrected chi connectivity index (χ3v) is 4.74. The number of nitrogens with zero attached hydrogens (tertiary/aromatic N) is 2. The maximum Gasteiger partial charge on any atom is 0.142 e. The lowest BCUT2D eigenvalue weighted by molar-refractivity contribution is 0.175. The first-order valence-electron chi connectivity index (χ1n) is 6.85. The first kappa shape index (κ1) is 16.5. The number of aryl methyl sites for hydroxylation is 2. The summed E-state index contributed by atoms with van der Waals surface area (Å²) in [6, 6.07) is 4.46. The van der Waals surface area contributed by atoms with Crippen molar-refractivity contribution in [1.29, 1.82) is 0 Å². The monoisotopic (exact) mass is 374 g/mol. The molecule has 6 heteroatoms. The molecular formula is C15H17BrClFN2O. The second-order valence-corrected chi connectivity index (χ2v) is 5.91. The lowest BCUT2D eigenvalue weighted by Gasteiger charge is -2.14. The summed E-state index contributed by atoms with van der Waals surface area (Å²) in [5, 5.41) is 14.8. The number of hydrogen-bond donors (Lipinski definition) is 1. The van der Waals surface area contributed by atoms with Crippen LogP contribution in [0.3, 0.4) is 0 Å². The van der Waals surface area contributed by atoms with Crippen LogP contribution in [0.1, 0.15) is 36.9 Å². The van der Waals surface area contributed by atoms with E-state index >= 15 is 0 Å². The van der Waals surface area contributed by atoms with E-state index in [1.165, 1.54) is 6.07 Å². The van der Waals surface area contributed by atoms with Crippen LogP contribution in [0.25, 0.3) is 0 Å². The highest BCUT2D eigenvalue weighted by molar-refractivity contribution is 9.10. The Morgan fingerprint density at radius 3 is 2.76 bits per heavy atom. The van der Waals surface area contributed by atoms with Gasteiger partial charge in [-0.05, 0) is 35.3 Å². The quantitative estimate of drug-likeness (QED) is 0.846. The number of aliphatic hydroxyl groups is 1. The zero-order valence-electron chi connectivity index (χ0n) is 11.9. The number of rotatable bonds is 5. The Balaban J connectivity index is 2.33. The minimum absolute atomic E-state index is 0.0283. The van der Waals surface area contributed by atoms with Gasteiger partial charge in [0.05, 0.1) is 27.0 Å². The number of halogens is 3. The highest BCUT2D eigenvalue weighted by Gasteiger charge is 2.20. The van der Waals surface area contributed by atoms with Gasteiger partial charge in [0.1, 0.15) is 5.82 Å². The SMILES string of the molecule is CCc1nn(CC)c(CC(O)c2cccc(F)c2Cl)c1Br. The Morgan fingerprint density at radius 2 is 2.14 bits per heavy atom. The highest BCUT2D eigenvalue weighted by Crippen LogP contribution is 2.31. The van der Waals surface area contributed by atoms with Crippen molar-refractivity contribution in [2.45, 2.75) is 39.3 Å². The van der Waals surface area contributed by atoms with Crippen molar-refractivity contribution in [2.75, 3.05) is 0 Å². The molecule has 0 bridgehead atoms. The van der Waals surface area contributed by atoms with E-state index in [9.17, 15) is 9.50 Å². The zero-order valence-corrected chi connectivity index (χ0v) is 14.2. The molecule has 0 fully saturated rings. The Bertz CT molecular complexity index is 645. The molecule has 1 atom stereocenters. The van der Waals surface area contributed by atoms with Gasteiger partial charge in [0.25, 0.3) is 0 Å². The van der Waals surface area contributed by atoms with Crippen LogP contribution in [-0.2, 0) is 19.4 Å². The summed E-state index contributed by atoms with van der Waals surface area (Å²) in [5.41, 5.74) is 2.23. The molecular weight excluding hydrogens is 359 g/mol. The maximum absolute atomic E-state index is 13.5. The van der Waals surface area contributed by atoms with Crippen molar-refractivity contribution in [3.63, 3.8) is 0 Å². The molecule has 0 saturated heterocycles. The van der Waals surface area contributed by atoms with Gasteiger partial charge in [-0.1, -0.05) is 30.7 Å². The Kier molecular flexibility index (Phi) is 5.41. The average molecular weight is 376 g/mol. The van der Waals surface area contributed by atoms with Crippen LogP contribution in [0, 0.1) is 5.82 Å². The average Bonchev–Trinajstić information content (AvgIpc) is 2.78. The molecule has 3 nitrogen and oxygen atoms in total. The van der Waals surface area contributed by atoms with Crippen molar-refractivity contribution in [1.82, 2.24) is 9.78 Å². The molecule has 0 aliphatic heterocycles. The Labute approximate surface area is 136 Å². The van der Waals surface area contributed by atoms with E-state index in [4.69, 9.17) is 11.6 Å². The predicted molar refractivity (Wildman–Crippen MR) is 85.1 cm³/mol. The largest absolute Gasteiger partial charge is 0.388 e. The van der Waals surface area contributed by atoms with Crippen molar-refractivity contribution in [3.05, 3.63) is 50.5 Å². The van der Waals surface area contributed by atoms with Crippen LogP contribution in [0.5, 0.6) is 0 Å². The van der Waals surface area contributed by atoms with Gasteiger partial charge in [-0.2, -0.15) is 5.10 Å². The third-order valence-electron chi connectivity index (χ3n) is 3.42. The molecule has 1 aromatic heterocycles. The van der Waals surface area contributed by atoms with E-state index in [1.807, 2.05) is 18.5 Å². The summed E-state index contributed by atoms with van der Waals surface area (Å²) in [5.74, 6) is -0.523. The van der Waals surface area contributed by atoms with Crippen LogP contribution < -0.4 is 0 Å². The molecule has 21 heavy (non-hydrogen) atoms. The molecule has 2 rings (SSSR count). The maximum atomic E-state index is 13.5. The lowest BCUT2D eigenvalue weighted by atomic mass is 10.0. The van der Waals surface area contributed by atoms with Crippen LogP contribution in [-0.4, -0.2) is 14.9 Å². The van der Waals surface area contributed by atoms with Gasteiger partial charge in [-0.25, -0.2) is 4.39 Å². The second-order valence-electron chi connectivity index (χ2n) is 4.74.